The molecule has 0 fully saturated rings. The summed E-state index contributed by atoms with van der Waals surface area (Å²) < 4.78 is 0.915. The molecule has 0 saturated carbocycles. The molecule has 2 rings (SSSR count). The smallest absolute Gasteiger partial charge is 0.265 e. The number of halogens is 1. The van der Waals surface area contributed by atoms with E-state index in [0.29, 0.717) is 29.2 Å². The molecule has 0 unspecified atom stereocenters. The number of carbonyl (C=O) groups is 2. The first-order chi connectivity index (χ1) is 10.5. The van der Waals surface area contributed by atoms with Crippen LogP contribution in [0.1, 0.15) is 33.9 Å². The Hall–Kier alpha value is -1.66. The Bertz CT molecular complexity index is 663. The van der Waals surface area contributed by atoms with Gasteiger partial charge in [-0.15, -0.1) is 11.3 Å². The minimum absolute atomic E-state index is 0.00469. The Balaban J connectivity index is 2.06. The molecule has 6 heteroatoms. The van der Waals surface area contributed by atoms with E-state index < -0.39 is 0 Å². The molecule has 1 aromatic carbocycles. The highest BCUT2D eigenvalue weighted by Gasteiger charge is 2.13. The van der Waals surface area contributed by atoms with E-state index in [1.807, 2.05) is 19.9 Å². The number of hydrogen-bond donors (Lipinski definition) is 1. The molecule has 0 bridgehead atoms. The fourth-order valence-electron chi connectivity index (χ4n) is 2.02. The molecular formula is C16H17BrN2O2S. The van der Waals surface area contributed by atoms with E-state index in [-0.39, 0.29) is 11.8 Å². The van der Waals surface area contributed by atoms with Gasteiger partial charge in [0.2, 0.25) is 0 Å². The van der Waals surface area contributed by atoms with Crippen molar-refractivity contribution in [1.29, 1.82) is 0 Å². The third-order valence-corrected chi connectivity index (χ3v) is 4.86. The first-order valence-electron chi connectivity index (χ1n) is 7.01. The summed E-state index contributed by atoms with van der Waals surface area (Å²) in [4.78, 5) is 26.6. The number of hydrogen-bond acceptors (Lipinski definition) is 3. The number of anilines is 1. The van der Waals surface area contributed by atoms with Gasteiger partial charge < -0.3 is 10.2 Å². The van der Waals surface area contributed by atoms with Gasteiger partial charge in [0.05, 0.1) is 8.66 Å². The van der Waals surface area contributed by atoms with Gasteiger partial charge in [-0.3, -0.25) is 9.59 Å². The Labute approximate surface area is 142 Å². The summed E-state index contributed by atoms with van der Waals surface area (Å²) >= 11 is 4.71. The van der Waals surface area contributed by atoms with Crippen molar-refractivity contribution in [1.82, 2.24) is 4.90 Å². The molecule has 2 aromatic rings. The molecule has 4 nitrogen and oxygen atoms in total. The third-order valence-electron chi connectivity index (χ3n) is 3.24. The number of amides is 2. The first kappa shape index (κ1) is 16.7. The molecule has 22 heavy (non-hydrogen) atoms. The molecule has 1 aromatic heterocycles. The summed E-state index contributed by atoms with van der Waals surface area (Å²) in [6, 6.07) is 10.6. The van der Waals surface area contributed by atoms with Gasteiger partial charge in [0.1, 0.15) is 0 Å². The van der Waals surface area contributed by atoms with Crippen LogP contribution < -0.4 is 5.32 Å². The number of carbonyl (C=O) groups excluding carboxylic acids is 2. The van der Waals surface area contributed by atoms with E-state index in [1.165, 1.54) is 11.3 Å². The van der Waals surface area contributed by atoms with Crippen molar-refractivity contribution in [2.45, 2.75) is 13.8 Å². The van der Waals surface area contributed by atoms with Gasteiger partial charge in [-0.2, -0.15) is 0 Å². The summed E-state index contributed by atoms with van der Waals surface area (Å²) in [5, 5.41) is 2.82. The second kappa shape index (κ2) is 7.56. The largest absolute Gasteiger partial charge is 0.339 e. The fraction of sp³-hybridized carbons (Fsp3) is 0.250. The van der Waals surface area contributed by atoms with Crippen molar-refractivity contribution in [3.05, 3.63) is 50.6 Å². The van der Waals surface area contributed by atoms with E-state index in [0.717, 1.165) is 3.79 Å². The van der Waals surface area contributed by atoms with E-state index in [9.17, 15) is 9.59 Å². The summed E-state index contributed by atoms with van der Waals surface area (Å²) in [5.74, 6) is -0.149. The quantitative estimate of drug-likeness (QED) is 0.842. The van der Waals surface area contributed by atoms with Crippen LogP contribution in [0.25, 0.3) is 0 Å². The molecule has 116 valence electrons. The van der Waals surface area contributed by atoms with Crippen molar-refractivity contribution in [2.24, 2.45) is 0 Å². The minimum Gasteiger partial charge on any atom is -0.339 e. The highest BCUT2D eigenvalue weighted by Crippen LogP contribution is 2.23. The van der Waals surface area contributed by atoms with E-state index in [4.69, 9.17) is 0 Å². The predicted octanol–water partition coefficient (Wildman–Crippen LogP) is 4.24. The summed E-state index contributed by atoms with van der Waals surface area (Å²) in [6.07, 6.45) is 0. The van der Waals surface area contributed by atoms with Crippen LogP contribution in [0.5, 0.6) is 0 Å². The van der Waals surface area contributed by atoms with Crippen LogP contribution in [0.15, 0.2) is 40.2 Å². The number of thiophene rings is 1. The second-order valence-corrected chi connectivity index (χ2v) is 7.08. The monoisotopic (exact) mass is 380 g/mol. The molecule has 0 aliphatic heterocycles. The molecule has 0 saturated heterocycles. The van der Waals surface area contributed by atoms with Gasteiger partial charge in [0, 0.05) is 24.3 Å². The van der Waals surface area contributed by atoms with Gasteiger partial charge in [-0.25, -0.2) is 0 Å². The minimum atomic E-state index is -0.154. The Morgan fingerprint density at radius 2 is 1.73 bits per heavy atom. The lowest BCUT2D eigenvalue weighted by molar-refractivity contribution is 0.0773. The van der Waals surface area contributed by atoms with Crippen LogP contribution in [-0.4, -0.2) is 29.8 Å². The zero-order valence-electron chi connectivity index (χ0n) is 12.4. The lowest BCUT2D eigenvalue weighted by Crippen LogP contribution is -2.30. The summed E-state index contributed by atoms with van der Waals surface area (Å²) in [7, 11) is 0. The topological polar surface area (TPSA) is 49.4 Å². The van der Waals surface area contributed by atoms with Crippen molar-refractivity contribution in [3.8, 4) is 0 Å². The number of rotatable bonds is 5. The average Bonchev–Trinajstić information content (AvgIpc) is 2.96. The maximum Gasteiger partial charge on any atom is 0.265 e. The second-order valence-electron chi connectivity index (χ2n) is 4.61. The molecule has 0 aliphatic carbocycles. The highest BCUT2D eigenvalue weighted by molar-refractivity contribution is 9.11. The molecule has 1 N–H and O–H groups in total. The van der Waals surface area contributed by atoms with Gasteiger partial charge >= 0.3 is 0 Å². The Morgan fingerprint density at radius 1 is 1.09 bits per heavy atom. The maximum atomic E-state index is 12.2. The zero-order chi connectivity index (χ0) is 16.1. The first-order valence-corrected chi connectivity index (χ1v) is 8.62. The van der Waals surface area contributed by atoms with Gasteiger partial charge in [-0.1, -0.05) is 0 Å². The van der Waals surface area contributed by atoms with Crippen molar-refractivity contribution < 1.29 is 9.59 Å². The zero-order valence-corrected chi connectivity index (χ0v) is 14.8. The molecule has 2 amide bonds. The summed E-state index contributed by atoms with van der Waals surface area (Å²) in [6.45, 7) is 5.27. The lowest BCUT2D eigenvalue weighted by Gasteiger charge is -2.18. The molecule has 0 radical (unpaired) electrons. The van der Waals surface area contributed by atoms with Crippen LogP contribution in [-0.2, 0) is 0 Å². The van der Waals surface area contributed by atoms with Gasteiger partial charge in [0.25, 0.3) is 11.8 Å². The SMILES string of the molecule is CCN(CC)C(=O)c1ccc(NC(=O)c2ccc(Br)s2)cc1. The van der Waals surface area contributed by atoms with Crippen molar-refractivity contribution >= 4 is 44.8 Å². The number of benzene rings is 1. The number of nitrogens with zero attached hydrogens (tertiary/aromatic N) is 1. The lowest BCUT2D eigenvalue weighted by atomic mass is 10.1. The average molecular weight is 381 g/mol. The van der Waals surface area contributed by atoms with Crippen LogP contribution in [0, 0.1) is 0 Å². The van der Waals surface area contributed by atoms with Crippen LogP contribution in [0.3, 0.4) is 0 Å². The predicted molar refractivity (Wildman–Crippen MR) is 93.7 cm³/mol. The van der Waals surface area contributed by atoms with Crippen LogP contribution in [0.2, 0.25) is 0 Å². The molecule has 0 aliphatic rings. The number of nitrogens with one attached hydrogen (secondary N) is 1. The van der Waals surface area contributed by atoms with E-state index in [1.54, 1.807) is 35.2 Å². The maximum absolute atomic E-state index is 12.2. The Morgan fingerprint density at radius 3 is 2.23 bits per heavy atom. The van der Waals surface area contributed by atoms with E-state index >= 15 is 0 Å². The molecule has 0 atom stereocenters. The van der Waals surface area contributed by atoms with Gasteiger partial charge in [-0.05, 0) is 66.2 Å². The van der Waals surface area contributed by atoms with Gasteiger partial charge in [0.15, 0.2) is 0 Å². The normalized spacial score (nSPS) is 10.3. The van der Waals surface area contributed by atoms with Crippen LogP contribution in [0.4, 0.5) is 5.69 Å². The molecule has 1 heterocycles. The fourth-order valence-corrected chi connectivity index (χ4v) is 3.30. The highest BCUT2D eigenvalue weighted by atomic mass is 79.9. The van der Waals surface area contributed by atoms with Crippen molar-refractivity contribution in [2.75, 3.05) is 18.4 Å². The Kier molecular flexibility index (Phi) is 5.74. The summed E-state index contributed by atoms with van der Waals surface area (Å²) in [5.41, 5.74) is 1.30. The molecule has 0 spiro atoms. The van der Waals surface area contributed by atoms with Crippen molar-refractivity contribution in [3.63, 3.8) is 0 Å². The van der Waals surface area contributed by atoms with E-state index in [2.05, 4.69) is 21.2 Å². The standard InChI is InChI=1S/C16H17BrN2O2S/c1-3-19(4-2)16(21)11-5-7-12(8-6-11)18-15(20)13-9-10-14(17)22-13/h5-10H,3-4H2,1-2H3,(H,18,20). The van der Waals surface area contributed by atoms with Crippen LogP contribution >= 0.6 is 27.3 Å². The molecular weight excluding hydrogens is 364 g/mol. The third kappa shape index (κ3) is 3.96.